The van der Waals surface area contributed by atoms with E-state index in [4.69, 9.17) is 20.4 Å². The minimum Gasteiger partial charge on any atom is -0.478 e. The number of aliphatic hydroxyl groups excluding tert-OH is 3. The number of nitrogens with one attached hydrogen (secondary N) is 1. The summed E-state index contributed by atoms with van der Waals surface area (Å²) < 4.78 is 0. The molecule has 120 valence electrons. The smallest absolute Gasteiger partial charge is 0.338 e. The molecule has 1 amide bonds. The molecule has 10 nitrogen and oxygen atoms in total. The molecule has 0 atom stereocenters. The molecule has 22 heavy (non-hydrogen) atoms. The van der Waals surface area contributed by atoms with E-state index in [0.29, 0.717) is 0 Å². The van der Waals surface area contributed by atoms with Crippen molar-refractivity contribution in [3.05, 3.63) is 33.9 Å². The number of benzene rings is 1. The fourth-order valence-corrected chi connectivity index (χ4v) is 1.61. The summed E-state index contributed by atoms with van der Waals surface area (Å²) in [6, 6.07) is 3.17. The first kappa shape index (κ1) is 17.5. The molecule has 1 aromatic carbocycles. The van der Waals surface area contributed by atoms with Gasteiger partial charge in [0.05, 0.1) is 30.3 Å². The highest BCUT2D eigenvalue weighted by Crippen LogP contribution is 2.30. The van der Waals surface area contributed by atoms with Crippen LogP contribution in [0.1, 0.15) is 10.4 Å². The van der Waals surface area contributed by atoms with Crippen LogP contribution in [0.3, 0.4) is 0 Å². The van der Waals surface area contributed by atoms with Crippen LogP contribution in [0.25, 0.3) is 0 Å². The van der Waals surface area contributed by atoms with Crippen LogP contribution < -0.4 is 5.32 Å². The van der Waals surface area contributed by atoms with Crippen LogP contribution in [0.4, 0.5) is 11.4 Å². The Morgan fingerprint density at radius 2 is 1.73 bits per heavy atom. The van der Waals surface area contributed by atoms with Gasteiger partial charge in [-0.15, -0.1) is 0 Å². The first-order valence-corrected chi connectivity index (χ1v) is 5.97. The van der Waals surface area contributed by atoms with E-state index in [2.05, 4.69) is 0 Å². The molecule has 0 radical (unpaired) electrons. The summed E-state index contributed by atoms with van der Waals surface area (Å²) in [5, 5.41) is 49.4. The van der Waals surface area contributed by atoms with Crippen molar-refractivity contribution in [3.8, 4) is 0 Å². The monoisotopic (exact) mass is 314 g/mol. The van der Waals surface area contributed by atoms with Crippen molar-refractivity contribution in [1.29, 1.82) is 0 Å². The van der Waals surface area contributed by atoms with E-state index >= 15 is 0 Å². The molecular weight excluding hydrogens is 300 g/mol. The number of aliphatic hydroxyl groups is 3. The van der Waals surface area contributed by atoms with E-state index in [1.54, 1.807) is 0 Å². The number of nitro groups is 1. The Bertz CT molecular complexity index is 556. The summed E-state index contributed by atoms with van der Waals surface area (Å²) in [4.78, 5) is 33.2. The third kappa shape index (κ3) is 3.19. The van der Waals surface area contributed by atoms with Gasteiger partial charge >= 0.3 is 5.97 Å². The normalized spacial score (nSPS) is 11.0. The molecule has 1 aromatic rings. The lowest BCUT2D eigenvalue weighted by Crippen LogP contribution is -2.45. The summed E-state index contributed by atoms with van der Waals surface area (Å²) in [6.07, 6.45) is 0. The number of carboxylic acids is 1. The number of carbonyl (C=O) groups is 2. The van der Waals surface area contributed by atoms with Crippen molar-refractivity contribution >= 4 is 23.3 Å². The van der Waals surface area contributed by atoms with Gasteiger partial charge in [-0.05, 0) is 6.07 Å². The minimum atomic E-state index is -2.00. The first-order valence-electron chi connectivity index (χ1n) is 5.97. The molecule has 0 heterocycles. The SMILES string of the molecule is O=C(O)c1cccc([N+](=O)[O-])c1NC(=O)C(CO)(CO)CO. The van der Waals surface area contributed by atoms with E-state index in [-0.39, 0.29) is 0 Å². The molecule has 0 bridgehead atoms. The molecule has 0 saturated carbocycles. The van der Waals surface area contributed by atoms with Crippen molar-refractivity contribution in [2.24, 2.45) is 5.41 Å². The van der Waals surface area contributed by atoms with E-state index < -0.39 is 59.0 Å². The second kappa shape index (κ2) is 6.93. The predicted molar refractivity (Wildman–Crippen MR) is 72.4 cm³/mol. The van der Waals surface area contributed by atoms with Crippen LogP contribution in [0.2, 0.25) is 0 Å². The summed E-state index contributed by atoms with van der Waals surface area (Å²) in [5.74, 6) is -2.65. The van der Waals surface area contributed by atoms with Crippen LogP contribution in [-0.2, 0) is 4.79 Å². The molecule has 0 saturated heterocycles. The molecule has 0 spiro atoms. The Labute approximate surface area is 123 Å². The van der Waals surface area contributed by atoms with Crippen molar-refractivity contribution in [2.75, 3.05) is 25.1 Å². The summed E-state index contributed by atoms with van der Waals surface area (Å²) in [5.41, 5.74) is -3.80. The third-order valence-corrected chi connectivity index (χ3v) is 3.10. The van der Waals surface area contributed by atoms with Gasteiger partial charge in [-0.3, -0.25) is 14.9 Å². The highest BCUT2D eigenvalue weighted by Gasteiger charge is 2.38. The number of anilines is 1. The van der Waals surface area contributed by atoms with E-state index in [9.17, 15) is 19.7 Å². The molecular formula is C12H14N2O8. The molecule has 0 aliphatic carbocycles. The number of amides is 1. The van der Waals surface area contributed by atoms with Crippen LogP contribution in [0.15, 0.2) is 18.2 Å². The minimum absolute atomic E-state index is 0.537. The molecule has 0 unspecified atom stereocenters. The molecule has 0 fully saturated rings. The molecule has 0 aliphatic rings. The molecule has 0 aromatic heterocycles. The number of hydrogen-bond acceptors (Lipinski definition) is 7. The van der Waals surface area contributed by atoms with Crippen molar-refractivity contribution in [3.63, 3.8) is 0 Å². The van der Waals surface area contributed by atoms with Gasteiger partial charge in [-0.1, -0.05) is 6.07 Å². The zero-order chi connectivity index (χ0) is 16.9. The second-order valence-corrected chi connectivity index (χ2v) is 4.47. The number of carboxylic acid groups (broad SMARTS) is 1. The van der Waals surface area contributed by atoms with Gasteiger partial charge in [0.15, 0.2) is 0 Å². The van der Waals surface area contributed by atoms with Crippen molar-refractivity contribution in [1.82, 2.24) is 0 Å². The molecule has 5 N–H and O–H groups in total. The Kier molecular flexibility index (Phi) is 5.51. The Morgan fingerprint density at radius 3 is 2.14 bits per heavy atom. The largest absolute Gasteiger partial charge is 0.478 e. The van der Waals surface area contributed by atoms with Crippen LogP contribution in [0, 0.1) is 15.5 Å². The Hall–Kier alpha value is -2.56. The fraction of sp³-hybridized carbons (Fsp3) is 0.333. The first-order chi connectivity index (χ1) is 10.3. The lowest BCUT2D eigenvalue weighted by atomic mass is 9.90. The fourth-order valence-electron chi connectivity index (χ4n) is 1.61. The van der Waals surface area contributed by atoms with Gasteiger partial charge in [0, 0.05) is 6.07 Å². The maximum atomic E-state index is 12.1. The number of hydrogen-bond donors (Lipinski definition) is 5. The van der Waals surface area contributed by atoms with Gasteiger partial charge in [-0.2, -0.15) is 0 Å². The summed E-state index contributed by atoms with van der Waals surface area (Å²) in [7, 11) is 0. The second-order valence-electron chi connectivity index (χ2n) is 4.47. The maximum absolute atomic E-state index is 12.1. The van der Waals surface area contributed by atoms with Gasteiger partial charge in [0.2, 0.25) is 5.91 Å². The zero-order valence-electron chi connectivity index (χ0n) is 11.2. The van der Waals surface area contributed by atoms with Gasteiger partial charge < -0.3 is 25.7 Å². The highest BCUT2D eigenvalue weighted by atomic mass is 16.6. The van der Waals surface area contributed by atoms with Crippen LogP contribution >= 0.6 is 0 Å². The molecule has 0 aliphatic heterocycles. The molecule has 1 rings (SSSR count). The number of nitrogens with zero attached hydrogens (tertiary/aromatic N) is 1. The number of rotatable bonds is 7. The van der Waals surface area contributed by atoms with E-state index in [1.165, 1.54) is 0 Å². The number of para-hydroxylation sites is 1. The van der Waals surface area contributed by atoms with Crippen molar-refractivity contribution < 1.29 is 34.9 Å². The van der Waals surface area contributed by atoms with Gasteiger partial charge in [0.1, 0.15) is 11.1 Å². The number of carbonyl (C=O) groups excluding carboxylic acids is 1. The lowest BCUT2D eigenvalue weighted by molar-refractivity contribution is -0.384. The quantitative estimate of drug-likeness (QED) is 0.321. The van der Waals surface area contributed by atoms with Crippen molar-refractivity contribution in [2.45, 2.75) is 0 Å². The summed E-state index contributed by atoms with van der Waals surface area (Å²) >= 11 is 0. The van der Waals surface area contributed by atoms with Gasteiger partial charge in [0.25, 0.3) is 5.69 Å². The van der Waals surface area contributed by atoms with E-state index in [0.717, 1.165) is 18.2 Å². The lowest BCUT2D eigenvalue weighted by Gasteiger charge is -2.26. The zero-order valence-corrected chi connectivity index (χ0v) is 11.2. The summed E-state index contributed by atoms with van der Waals surface area (Å²) in [6.45, 7) is -2.81. The topological polar surface area (TPSA) is 170 Å². The van der Waals surface area contributed by atoms with Crippen LogP contribution in [0.5, 0.6) is 0 Å². The standard InChI is InChI=1S/C12H14N2O8/c15-4-12(5-16,6-17)11(20)13-9-7(10(18)19)2-1-3-8(9)14(21)22/h1-3,15-17H,4-6H2,(H,13,20)(H,18,19). The Balaban J connectivity index is 3.35. The average molecular weight is 314 g/mol. The molecule has 10 heteroatoms. The Morgan fingerprint density at radius 1 is 1.18 bits per heavy atom. The van der Waals surface area contributed by atoms with Gasteiger partial charge in [-0.25, -0.2) is 4.79 Å². The maximum Gasteiger partial charge on any atom is 0.338 e. The highest BCUT2D eigenvalue weighted by molar-refractivity contribution is 6.05. The van der Waals surface area contributed by atoms with Crippen LogP contribution in [-0.4, -0.2) is 57.0 Å². The third-order valence-electron chi connectivity index (χ3n) is 3.10. The van der Waals surface area contributed by atoms with E-state index in [1.807, 2.05) is 5.32 Å². The number of nitro benzene ring substituents is 1. The average Bonchev–Trinajstić information content (AvgIpc) is 2.49. The predicted octanol–water partition coefficient (Wildman–Crippen LogP) is -0.805. The number of aromatic carboxylic acids is 1.